The van der Waals surface area contributed by atoms with E-state index in [2.05, 4.69) is 10.1 Å². The third kappa shape index (κ3) is 2.96. The highest BCUT2D eigenvalue weighted by atomic mass is 32.1. The number of methoxy groups -OCH3 is 1. The number of para-hydroxylation sites is 1. The Balaban J connectivity index is 1.67. The summed E-state index contributed by atoms with van der Waals surface area (Å²) in [4.78, 5) is 43.1. The quantitative estimate of drug-likeness (QED) is 0.439. The van der Waals surface area contributed by atoms with Crippen LogP contribution in [0.1, 0.15) is 5.56 Å². The lowest BCUT2D eigenvalue weighted by atomic mass is 10.1. The van der Waals surface area contributed by atoms with Crippen molar-refractivity contribution in [2.24, 2.45) is 0 Å². The summed E-state index contributed by atoms with van der Waals surface area (Å²) >= 11 is 1.04. The van der Waals surface area contributed by atoms with Crippen molar-refractivity contribution in [3.63, 3.8) is 0 Å². The number of amides is 1. The van der Waals surface area contributed by atoms with Crippen LogP contribution >= 0.6 is 11.3 Å². The van der Waals surface area contributed by atoms with Gasteiger partial charge in [-0.25, -0.2) is 0 Å². The summed E-state index contributed by atoms with van der Waals surface area (Å²) in [5.74, 6) is -0.896. The van der Waals surface area contributed by atoms with Crippen LogP contribution in [-0.2, 0) is 9.59 Å². The summed E-state index contributed by atoms with van der Waals surface area (Å²) in [7, 11) is 1.57. The number of carbonyl (C=O) groups is 2. The minimum absolute atomic E-state index is 0.144. The summed E-state index contributed by atoms with van der Waals surface area (Å²) in [5.41, 5.74) is 1.29. The molecule has 0 fully saturated rings. The lowest BCUT2D eigenvalue weighted by Crippen LogP contribution is -2.40. The first kappa shape index (κ1) is 18.9. The first-order valence-corrected chi connectivity index (χ1v) is 9.99. The maximum atomic E-state index is 13.1. The summed E-state index contributed by atoms with van der Waals surface area (Å²) in [6, 6.07) is 13.8. The normalized spacial score (nSPS) is 14.9. The molecule has 0 spiro atoms. The highest BCUT2D eigenvalue weighted by Crippen LogP contribution is 2.34. The van der Waals surface area contributed by atoms with E-state index >= 15 is 0 Å². The first-order chi connectivity index (χ1) is 15.0. The molecule has 9 nitrogen and oxygen atoms in total. The molecule has 2 aromatic carbocycles. The highest BCUT2D eigenvalue weighted by molar-refractivity contribution is 7.15. The Bertz CT molecular complexity index is 1470. The smallest absolute Gasteiger partial charge is 0.291 e. The van der Waals surface area contributed by atoms with Gasteiger partial charge >= 0.3 is 0 Å². The van der Waals surface area contributed by atoms with E-state index in [0.29, 0.717) is 33.3 Å². The van der Waals surface area contributed by atoms with Crippen molar-refractivity contribution in [2.75, 3.05) is 18.6 Å². The van der Waals surface area contributed by atoms with Crippen LogP contribution in [0.25, 0.3) is 21.9 Å². The number of anilines is 1. The van der Waals surface area contributed by atoms with Crippen molar-refractivity contribution >= 4 is 39.4 Å². The molecule has 0 bridgehead atoms. The number of nitrogens with zero attached hydrogens (tertiary/aromatic N) is 4. The van der Waals surface area contributed by atoms with Crippen LogP contribution in [0.2, 0.25) is 0 Å². The molecule has 4 aromatic rings. The Hall–Kier alpha value is -4.05. The molecule has 0 unspecified atom stereocenters. The summed E-state index contributed by atoms with van der Waals surface area (Å²) in [6.45, 7) is -0.601. The second-order valence-electron chi connectivity index (χ2n) is 6.75. The molecule has 0 saturated heterocycles. The van der Waals surface area contributed by atoms with Gasteiger partial charge in [-0.05, 0) is 30.3 Å². The van der Waals surface area contributed by atoms with Crippen molar-refractivity contribution in [3.05, 3.63) is 69.0 Å². The van der Waals surface area contributed by atoms with E-state index in [0.717, 1.165) is 20.8 Å². The molecule has 31 heavy (non-hydrogen) atoms. The molecule has 1 aliphatic heterocycles. The van der Waals surface area contributed by atoms with E-state index in [1.807, 2.05) is 0 Å². The van der Waals surface area contributed by atoms with Gasteiger partial charge in [0, 0.05) is 11.1 Å². The predicted octanol–water partition coefficient (Wildman–Crippen LogP) is -0.159. The standard InChI is InChI=1S/C21H14N4O5S/c1-30-12-8-6-11(7-9-12)18-22-21-25(23-18)20(29)17(31-21)16-13-4-2-3-5-14(13)24(19(16)28)10-15(26)27/h2-9H,10H2,1H3,(H,26,27)/p-1/b17-16-. The topological polar surface area (TPSA) is 117 Å². The molecule has 0 saturated carbocycles. The van der Waals surface area contributed by atoms with Gasteiger partial charge in [-0.2, -0.15) is 9.50 Å². The van der Waals surface area contributed by atoms with Gasteiger partial charge in [-0.3, -0.25) is 9.59 Å². The molecule has 0 aliphatic carbocycles. The molecular weight excluding hydrogens is 420 g/mol. The van der Waals surface area contributed by atoms with Gasteiger partial charge in [-0.15, -0.1) is 5.10 Å². The number of fused-ring (bicyclic) bond motifs is 2. The third-order valence-corrected chi connectivity index (χ3v) is 5.97. The number of carboxylic acids is 1. The Morgan fingerprint density at radius 3 is 2.55 bits per heavy atom. The Morgan fingerprint density at radius 2 is 1.87 bits per heavy atom. The van der Waals surface area contributed by atoms with Gasteiger partial charge in [-0.1, -0.05) is 29.5 Å². The largest absolute Gasteiger partial charge is 0.548 e. The average Bonchev–Trinajstić information content (AvgIpc) is 3.40. The van der Waals surface area contributed by atoms with Crippen LogP contribution in [0.15, 0.2) is 53.3 Å². The zero-order valence-electron chi connectivity index (χ0n) is 16.1. The summed E-state index contributed by atoms with van der Waals surface area (Å²) in [6.07, 6.45) is 0. The molecular formula is C21H13N4O5S-. The van der Waals surface area contributed by atoms with Crippen molar-refractivity contribution in [1.29, 1.82) is 0 Å². The zero-order chi connectivity index (χ0) is 21.7. The second kappa shape index (κ2) is 7.03. The second-order valence-corrected chi connectivity index (χ2v) is 7.73. The number of rotatable bonds is 4. The lowest BCUT2D eigenvalue weighted by Gasteiger charge is -2.17. The maximum absolute atomic E-state index is 13.1. The molecule has 3 heterocycles. The van der Waals surface area contributed by atoms with Gasteiger partial charge in [0.15, 0.2) is 5.82 Å². The molecule has 154 valence electrons. The zero-order valence-corrected chi connectivity index (χ0v) is 16.9. The number of thiazole rings is 1. The minimum atomic E-state index is -1.39. The SMILES string of the molecule is COc1ccc(-c2nc3s/c(=C4\C(=O)N(CC(=O)[O-])c5ccccc54)c(=O)n3n2)cc1. The maximum Gasteiger partial charge on any atom is 0.291 e. The van der Waals surface area contributed by atoms with Crippen LogP contribution in [0, 0.1) is 0 Å². The fourth-order valence-corrected chi connectivity index (χ4v) is 4.53. The van der Waals surface area contributed by atoms with E-state index < -0.39 is 24.0 Å². The van der Waals surface area contributed by atoms with Crippen molar-refractivity contribution in [1.82, 2.24) is 14.6 Å². The number of aliphatic carboxylic acids is 1. The monoisotopic (exact) mass is 433 g/mol. The first-order valence-electron chi connectivity index (χ1n) is 9.17. The third-order valence-electron chi connectivity index (χ3n) is 4.94. The van der Waals surface area contributed by atoms with Gasteiger partial charge in [0.25, 0.3) is 11.5 Å². The Labute approximate surface area is 178 Å². The fraction of sp³-hybridized carbons (Fsp3) is 0.0952. The van der Waals surface area contributed by atoms with Crippen LogP contribution in [0.4, 0.5) is 5.69 Å². The number of aromatic nitrogens is 3. The molecule has 0 N–H and O–H groups in total. The lowest BCUT2D eigenvalue weighted by molar-refractivity contribution is -0.303. The number of benzene rings is 2. The molecule has 10 heteroatoms. The highest BCUT2D eigenvalue weighted by Gasteiger charge is 2.34. The van der Waals surface area contributed by atoms with Gasteiger partial charge in [0.2, 0.25) is 4.96 Å². The fourth-order valence-electron chi connectivity index (χ4n) is 3.53. The minimum Gasteiger partial charge on any atom is -0.548 e. The number of carboxylic acid groups (broad SMARTS) is 1. The number of hydrogen-bond acceptors (Lipinski definition) is 8. The molecule has 1 aliphatic rings. The summed E-state index contributed by atoms with van der Waals surface area (Å²) < 4.78 is 6.46. The number of ether oxygens (including phenoxy) is 1. The van der Waals surface area contributed by atoms with Crippen LogP contribution in [0.5, 0.6) is 5.75 Å². The van der Waals surface area contributed by atoms with E-state index in [-0.39, 0.29) is 10.1 Å². The number of carbonyl (C=O) groups excluding carboxylic acids is 2. The Kier molecular flexibility index (Phi) is 4.29. The van der Waals surface area contributed by atoms with Crippen molar-refractivity contribution in [2.45, 2.75) is 0 Å². The molecule has 0 radical (unpaired) electrons. The molecule has 5 rings (SSSR count). The van der Waals surface area contributed by atoms with Crippen molar-refractivity contribution < 1.29 is 19.4 Å². The predicted molar refractivity (Wildman–Crippen MR) is 111 cm³/mol. The van der Waals surface area contributed by atoms with Gasteiger partial charge < -0.3 is 19.5 Å². The molecule has 1 amide bonds. The van der Waals surface area contributed by atoms with Crippen molar-refractivity contribution in [3.8, 4) is 17.1 Å². The molecule has 2 aromatic heterocycles. The van der Waals surface area contributed by atoms with E-state index in [1.165, 1.54) is 0 Å². The van der Waals surface area contributed by atoms with Crippen LogP contribution in [0.3, 0.4) is 0 Å². The van der Waals surface area contributed by atoms with E-state index in [9.17, 15) is 19.5 Å². The number of hydrogen-bond donors (Lipinski definition) is 0. The molecule has 0 atom stereocenters. The van der Waals surface area contributed by atoms with E-state index in [1.54, 1.807) is 55.6 Å². The average molecular weight is 433 g/mol. The van der Waals surface area contributed by atoms with Gasteiger partial charge in [0.05, 0.1) is 30.9 Å². The van der Waals surface area contributed by atoms with Gasteiger partial charge in [0.1, 0.15) is 10.3 Å². The van der Waals surface area contributed by atoms with E-state index in [4.69, 9.17) is 4.74 Å². The van der Waals surface area contributed by atoms with Crippen LogP contribution in [-0.4, -0.2) is 40.1 Å². The summed E-state index contributed by atoms with van der Waals surface area (Å²) in [5, 5.41) is 15.4. The van der Waals surface area contributed by atoms with Crippen LogP contribution < -0.4 is 24.8 Å². The Morgan fingerprint density at radius 1 is 1.13 bits per heavy atom.